The van der Waals surface area contributed by atoms with Crippen LogP contribution in [0.3, 0.4) is 0 Å². The summed E-state index contributed by atoms with van der Waals surface area (Å²) in [4.78, 5) is 68.4. The zero-order valence-electron chi connectivity index (χ0n) is 21.2. The lowest BCUT2D eigenvalue weighted by molar-refractivity contribution is -0.134. The van der Waals surface area contributed by atoms with Gasteiger partial charge in [-0.25, -0.2) is 14.7 Å². The van der Waals surface area contributed by atoms with Crippen LogP contribution in [-0.2, 0) is 14.4 Å². The van der Waals surface area contributed by atoms with Crippen molar-refractivity contribution in [2.45, 2.75) is 38.3 Å². The highest BCUT2D eigenvalue weighted by Gasteiger charge is 2.47. The Morgan fingerprint density at radius 3 is 2.46 bits per heavy atom. The molecule has 5 amide bonds. The van der Waals surface area contributed by atoms with Gasteiger partial charge >= 0.3 is 6.03 Å². The van der Waals surface area contributed by atoms with Gasteiger partial charge in [-0.2, -0.15) is 0 Å². The van der Waals surface area contributed by atoms with Crippen LogP contribution < -0.4 is 21.1 Å². The molecule has 2 heterocycles. The number of aromatic nitrogens is 1. The monoisotopic (exact) mass is 549 g/mol. The van der Waals surface area contributed by atoms with E-state index in [-0.39, 0.29) is 29.6 Å². The molecule has 0 spiro atoms. The Bertz CT molecular complexity index is 1390. The molecule has 39 heavy (non-hydrogen) atoms. The molecule has 1 saturated heterocycles. The topological polar surface area (TPSA) is 161 Å². The van der Waals surface area contributed by atoms with E-state index in [1.54, 1.807) is 55.6 Å². The van der Waals surface area contributed by atoms with Crippen molar-refractivity contribution in [3.63, 3.8) is 0 Å². The number of rotatable bonds is 11. The Hall–Kier alpha value is -4.58. The zero-order chi connectivity index (χ0) is 28.1. The quantitative estimate of drug-likeness (QED) is 0.245. The molecule has 3 aromatic rings. The molecular formula is C27H27N5O6S. The van der Waals surface area contributed by atoms with Gasteiger partial charge < -0.3 is 21.1 Å². The number of Topliss-reactive ketones (excluding diaryl/α,β-unsaturated/α-hetero) is 1. The zero-order valence-corrected chi connectivity index (χ0v) is 22.1. The van der Waals surface area contributed by atoms with Crippen molar-refractivity contribution in [3.8, 4) is 5.75 Å². The van der Waals surface area contributed by atoms with E-state index >= 15 is 0 Å². The van der Waals surface area contributed by atoms with Gasteiger partial charge in [0.05, 0.1) is 0 Å². The number of ether oxygens (including phenoxy) is 1. The van der Waals surface area contributed by atoms with Gasteiger partial charge in [-0.1, -0.05) is 56.3 Å². The predicted octanol–water partition coefficient (Wildman–Crippen LogP) is 3.00. The largest absolute Gasteiger partial charge is 0.484 e. The number of anilines is 1. The van der Waals surface area contributed by atoms with Crippen LogP contribution >= 0.6 is 11.3 Å². The number of amides is 5. The van der Waals surface area contributed by atoms with Crippen LogP contribution in [-0.4, -0.2) is 52.1 Å². The van der Waals surface area contributed by atoms with Gasteiger partial charge in [-0.3, -0.25) is 19.2 Å². The summed E-state index contributed by atoms with van der Waals surface area (Å²) in [6.45, 7) is 3.17. The normalized spacial score (nSPS) is 16.4. The number of carbonyl (C=O) groups excluding carboxylic acids is 5. The molecule has 2 aromatic carbocycles. The lowest BCUT2D eigenvalue weighted by Crippen LogP contribution is -2.50. The third kappa shape index (κ3) is 6.12. The summed E-state index contributed by atoms with van der Waals surface area (Å²) in [7, 11) is 0. The van der Waals surface area contributed by atoms with Crippen molar-refractivity contribution >= 4 is 46.0 Å². The predicted molar refractivity (Wildman–Crippen MR) is 143 cm³/mol. The standard InChI is InChI=1S/C27H27N5O6S/c1-3-20(33)19-14-39-26(29-19)31-24(35)23(15(2)16-7-5-4-6-8-16)32-25(36)22(30-27(32)37)17-9-11-18(12-10-17)38-13-21(28)34/h4-12,14-15,22-23H,3,13H2,1-2H3,(H2,28,34)(H,30,37)(H,29,31,35)/t15-,22?,23-/m0/s1. The van der Waals surface area contributed by atoms with Crippen molar-refractivity contribution in [2.24, 2.45) is 5.73 Å². The lowest BCUT2D eigenvalue weighted by Gasteiger charge is -2.29. The summed E-state index contributed by atoms with van der Waals surface area (Å²) in [5, 5.41) is 7.09. The molecule has 202 valence electrons. The second-order valence-electron chi connectivity index (χ2n) is 8.86. The molecular weight excluding hydrogens is 522 g/mol. The highest BCUT2D eigenvalue weighted by atomic mass is 32.1. The van der Waals surface area contributed by atoms with Gasteiger partial charge in [0.2, 0.25) is 5.91 Å². The summed E-state index contributed by atoms with van der Waals surface area (Å²) < 4.78 is 5.25. The van der Waals surface area contributed by atoms with E-state index in [0.29, 0.717) is 11.3 Å². The van der Waals surface area contributed by atoms with Gasteiger partial charge in [-0.15, -0.1) is 11.3 Å². The first kappa shape index (κ1) is 27.5. The number of primary amides is 1. The van der Waals surface area contributed by atoms with Crippen molar-refractivity contribution in [2.75, 3.05) is 11.9 Å². The second-order valence-corrected chi connectivity index (χ2v) is 9.72. The summed E-state index contributed by atoms with van der Waals surface area (Å²) in [6, 6.07) is 12.4. The highest BCUT2D eigenvalue weighted by molar-refractivity contribution is 7.14. The number of nitrogens with two attached hydrogens (primary N) is 1. The molecule has 11 nitrogen and oxygen atoms in total. The van der Waals surface area contributed by atoms with Crippen LogP contribution in [0.15, 0.2) is 60.0 Å². The Morgan fingerprint density at radius 1 is 1.13 bits per heavy atom. The summed E-state index contributed by atoms with van der Waals surface area (Å²) in [5.41, 5.74) is 6.55. The fraction of sp³-hybridized carbons (Fsp3) is 0.259. The third-order valence-corrected chi connectivity index (χ3v) is 7.01. The number of nitrogens with one attached hydrogen (secondary N) is 2. The number of carbonyl (C=O) groups is 5. The van der Waals surface area contributed by atoms with Gasteiger partial charge in [-0.05, 0) is 23.3 Å². The average molecular weight is 550 g/mol. The molecule has 4 N–H and O–H groups in total. The smallest absolute Gasteiger partial charge is 0.325 e. The molecule has 1 aromatic heterocycles. The average Bonchev–Trinajstić information content (AvgIpc) is 3.52. The number of hydrogen-bond acceptors (Lipinski definition) is 8. The summed E-state index contributed by atoms with van der Waals surface area (Å²) in [5.74, 6) is -2.21. The van der Waals surface area contributed by atoms with Crippen LogP contribution in [0.25, 0.3) is 0 Å². The minimum atomic E-state index is -1.21. The van der Waals surface area contributed by atoms with E-state index in [2.05, 4.69) is 15.6 Å². The Morgan fingerprint density at radius 2 is 1.82 bits per heavy atom. The number of urea groups is 1. The van der Waals surface area contributed by atoms with E-state index in [1.165, 1.54) is 0 Å². The maximum atomic E-state index is 13.6. The number of hydrogen-bond donors (Lipinski definition) is 3. The van der Waals surface area contributed by atoms with Gasteiger partial charge in [0.15, 0.2) is 17.5 Å². The second kappa shape index (κ2) is 11.9. The van der Waals surface area contributed by atoms with E-state index in [9.17, 15) is 24.0 Å². The van der Waals surface area contributed by atoms with Crippen molar-refractivity contribution in [1.29, 1.82) is 0 Å². The highest BCUT2D eigenvalue weighted by Crippen LogP contribution is 2.32. The number of benzene rings is 2. The fourth-order valence-electron chi connectivity index (χ4n) is 4.22. The number of ketones is 1. The van der Waals surface area contributed by atoms with Crippen LogP contribution in [0, 0.1) is 0 Å². The first-order chi connectivity index (χ1) is 18.7. The van der Waals surface area contributed by atoms with Gasteiger partial charge in [0, 0.05) is 17.7 Å². The third-order valence-electron chi connectivity index (χ3n) is 6.25. The maximum absolute atomic E-state index is 13.6. The number of nitrogens with zero attached hydrogens (tertiary/aromatic N) is 2. The lowest BCUT2D eigenvalue weighted by atomic mass is 9.91. The van der Waals surface area contributed by atoms with Gasteiger partial charge in [0.1, 0.15) is 23.5 Å². The molecule has 1 aliphatic rings. The Balaban J connectivity index is 1.61. The van der Waals surface area contributed by atoms with Crippen molar-refractivity contribution in [1.82, 2.24) is 15.2 Å². The Kier molecular flexibility index (Phi) is 8.35. The number of thiazole rings is 1. The van der Waals surface area contributed by atoms with Gasteiger partial charge in [0.25, 0.3) is 11.8 Å². The molecule has 0 bridgehead atoms. The first-order valence-electron chi connectivity index (χ1n) is 12.2. The van der Waals surface area contributed by atoms with Crippen molar-refractivity contribution < 1.29 is 28.7 Å². The number of imide groups is 1. The molecule has 0 aliphatic carbocycles. The first-order valence-corrected chi connectivity index (χ1v) is 13.1. The summed E-state index contributed by atoms with van der Waals surface area (Å²) >= 11 is 1.09. The van der Waals surface area contributed by atoms with E-state index in [1.807, 2.05) is 18.2 Å². The molecule has 0 saturated carbocycles. The molecule has 4 rings (SSSR count). The molecule has 3 atom stereocenters. The van der Waals surface area contributed by atoms with Crippen LogP contribution in [0.1, 0.15) is 53.8 Å². The fourth-order valence-corrected chi connectivity index (χ4v) is 4.94. The Labute approximate surface area is 228 Å². The molecule has 1 fully saturated rings. The van der Waals surface area contributed by atoms with E-state index < -0.39 is 41.8 Å². The van der Waals surface area contributed by atoms with E-state index in [4.69, 9.17) is 10.5 Å². The van der Waals surface area contributed by atoms with E-state index in [0.717, 1.165) is 21.8 Å². The molecule has 1 unspecified atom stereocenters. The molecule has 0 radical (unpaired) electrons. The SMILES string of the molecule is CCC(=O)c1csc(NC(=O)[C@H]([C@@H](C)c2ccccc2)N2C(=O)NC(c3ccc(OCC(N)=O)cc3)C2=O)n1. The van der Waals surface area contributed by atoms with Crippen LogP contribution in [0.4, 0.5) is 9.93 Å². The van der Waals surface area contributed by atoms with Crippen LogP contribution in [0.2, 0.25) is 0 Å². The minimum absolute atomic E-state index is 0.163. The summed E-state index contributed by atoms with van der Waals surface area (Å²) in [6.07, 6.45) is 0.271. The minimum Gasteiger partial charge on any atom is -0.484 e. The van der Waals surface area contributed by atoms with Crippen molar-refractivity contribution in [3.05, 3.63) is 76.8 Å². The van der Waals surface area contributed by atoms with Crippen LogP contribution in [0.5, 0.6) is 5.75 Å². The molecule has 1 aliphatic heterocycles. The molecule has 12 heteroatoms. The maximum Gasteiger partial charge on any atom is 0.325 e.